The minimum absolute atomic E-state index is 0.230. The van der Waals surface area contributed by atoms with E-state index >= 15 is 0 Å². The van der Waals surface area contributed by atoms with E-state index in [1.54, 1.807) is 0 Å². The fourth-order valence-electron chi connectivity index (χ4n) is 6.51. The molecule has 2 heterocycles. The van der Waals surface area contributed by atoms with Crippen LogP contribution in [-0.2, 0) is 31.1 Å². The Hall–Kier alpha value is -3.31. The van der Waals surface area contributed by atoms with Crippen molar-refractivity contribution in [3.05, 3.63) is 107 Å². The van der Waals surface area contributed by atoms with Crippen molar-refractivity contribution in [2.45, 2.75) is 71.1 Å². The van der Waals surface area contributed by atoms with Crippen molar-refractivity contribution in [3.63, 3.8) is 0 Å². The molecule has 2 aliphatic rings. The summed E-state index contributed by atoms with van der Waals surface area (Å²) in [6, 6.07) is 16.6. The Morgan fingerprint density at radius 3 is 2.09 bits per heavy atom. The van der Waals surface area contributed by atoms with Gasteiger partial charge in [-0.2, -0.15) is 21.4 Å². The van der Waals surface area contributed by atoms with Gasteiger partial charge in [-0.25, -0.2) is 0 Å². The van der Waals surface area contributed by atoms with Gasteiger partial charge in [0.25, 0.3) is 20.2 Å². The van der Waals surface area contributed by atoms with E-state index in [0.29, 0.717) is 38.8 Å². The van der Waals surface area contributed by atoms with Gasteiger partial charge in [0.05, 0.1) is 16.9 Å². The average Bonchev–Trinajstić information content (AvgIpc) is 3.31. The maximum absolute atomic E-state index is 11.2. The third-order valence-corrected chi connectivity index (χ3v) is 10.5. The molecule has 0 amide bonds. The van der Waals surface area contributed by atoms with Crippen LogP contribution in [0.5, 0.6) is 0 Å². The number of allylic oxidation sites excluding steroid dienone is 8. The van der Waals surface area contributed by atoms with Crippen molar-refractivity contribution in [1.82, 2.24) is 0 Å². The quantitative estimate of drug-likeness (QED) is 0.0953. The number of nitrogens with zero attached hydrogens (tertiary/aromatic N) is 2. The SMILES string of the molecule is CC(=C/C=C/C1=[N+](CCCCS(=O)(=O)O)c2ccccc2C1(C)C)/C=C/C=C1/N(CCCCS(=O)(=O)O)c2ccccc2C1(C)C. The van der Waals surface area contributed by atoms with E-state index in [-0.39, 0.29) is 22.3 Å². The van der Waals surface area contributed by atoms with Crippen LogP contribution in [0.1, 0.15) is 71.4 Å². The molecule has 0 atom stereocenters. The lowest BCUT2D eigenvalue weighted by Crippen LogP contribution is -2.28. The van der Waals surface area contributed by atoms with E-state index in [1.165, 1.54) is 11.1 Å². The summed E-state index contributed by atoms with van der Waals surface area (Å²) in [5.41, 5.74) is 7.55. The molecule has 0 fully saturated rings. The molecular formula is C36H47N2O6S2+. The van der Waals surface area contributed by atoms with Gasteiger partial charge < -0.3 is 4.90 Å². The van der Waals surface area contributed by atoms with Crippen LogP contribution in [0.2, 0.25) is 0 Å². The molecule has 2 aromatic rings. The maximum Gasteiger partial charge on any atom is 0.264 e. The summed E-state index contributed by atoms with van der Waals surface area (Å²) in [4.78, 5) is 2.25. The molecule has 248 valence electrons. The number of benzene rings is 2. The summed E-state index contributed by atoms with van der Waals surface area (Å²) in [6.45, 7) is 12.1. The summed E-state index contributed by atoms with van der Waals surface area (Å²) in [5.74, 6) is -0.479. The Morgan fingerprint density at radius 1 is 0.804 bits per heavy atom. The highest BCUT2D eigenvalue weighted by molar-refractivity contribution is 7.86. The highest BCUT2D eigenvalue weighted by Crippen LogP contribution is 2.47. The molecule has 10 heteroatoms. The first-order valence-electron chi connectivity index (χ1n) is 15.8. The molecule has 0 aromatic heterocycles. The smallest absolute Gasteiger partial charge is 0.264 e. The normalized spacial score (nSPS) is 18.7. The third-order valence-electron chi connectivity index (χ3n) is 8.89. The summed E-state index contributed by atoms with van der Waals surface area (Å²) in [7, 11) is -7.95. The molecule has 4 rings (SSSR count). The summed E-state index contributed by atoms with van der Waals surface area (Å²) < 4.78 is 65.4. The Morgan fingerprint density at radius 2 is 1.41 bits per heavy atom. The van der Waals surface area contributed by atoms with Gasteiger partial charge in [0.2, 0.25) is 5.69 Å². The lowest BCUT2D eigenvalue weighted by molar-refractivity contribution is -0.438. The van der Waals surface area contributed by atoms with E-state index in [9.17, 15) is 16.8 Å². The molecule has 0 aliphatic carbocycles. The zero-order valence-electron chi connectivity index (χ0n) is 27.5. The van der Waals surface area contributed by atoms with E-state index in [0.717, 1.165) is 28.4 Å². The van der Waals surface area contributed by atoms with Crippen LogP contribution in [-0.4, -0.2) is 60.8 Å². The lowest BCUT2D eigenvalue weighted by Gasteiger charge is -2.27. The third kappa shape index (κ3) is 8.53. The predicted octanol–water partition coefficient (Wildman–Crippen LogP) is 7.14. The first-order valence-corrected chi connectivity index (χ1v) is 19.0. The van der Waals surface area contributed by atoms with Gasteiger partial charge in [0.1, 0.15) is 6.54 Å². The Balaban J connectivity index is 1.53. The standard InChI is InChI=1S/C36H46N2O6S2/c1-28(16-14-22-33-35(2,3)29-18-6-8-20-31(29)37(33)24-10-12-26-45(39,40)41)17-15-23-34-36(4,5)30-19-7-9-21-32(30)38(34)25-11-13-27-46(42,43)44/h6-9,14-23H,10-13,24-27H2,1-5H3,(H-,39,40,41,42,43,44)/p+1. The highest BCUT2D eigenvalue weighted by Gasteiger charge is 2.44. The van der Waals surface area contributed by atoms with Crippen molar-refractivity contribution in [2.75, 3.05) is 29.5 Å². The maximum atomic E-state index is 11.2. The van der Waals surface area contributed by atoms with Gasteiger partial charge in [0, 0.05) is 47.5 Å². The van der Waals surface area contributed by atoms with Crippen LogP contribution in [0, 0.1) is 0 Å². The molecule has 0 saturated heterocycles. The lowest BCUT2D eigenvalue weighted by atomic mass is 9.81. The number of hydrogen-bond donors (Lipinski definition) is 2. The molecule has 2 aliphatic heterocycles. The van der Waals surface area contributed by atoms with Crippen LogP contribution in [0.3, 0.4) is 0 Å². The van der Waals surface area contributed by atoms with Gasteiger partial charge in [-0.05, 0) is 57.7 Å². The molecular weight excluding hydrogens is 621 g/mol. The van der Waals surface area contributed by atoms with Crippen LogP contribution in [0.15, 0.2) is 96.3 Å². The number of hydrogen-bond acceptors (Lipinski definition) is 5. The predicted molar refractivity (Wildman–Crippen MR) is 187 cm³/mol. The number of unbranched alkanes of at least 4 members (excludes halogenated alkanes) is 2. The average molecular weight is 668 g/mol. The first-order chi connectivity index (χ1) is 21.5. The second kappa shape index (κ2) is 14.2. The largest absolute Gasteiger partial charge is 0.344 e. The highest BCUT2D eigenvalue weighted by atomic mass is 32.2. The first kappa shape index (κ1) is 35.5. The van der Waals surface area contributed by atoms with Crippen molar-refractivity contribution >= 4 is 37.3 Å². The van der Waals surface area contributed by atoms with Crippen molar-refractivity contribution in [2.24, 2.45) is 0 Å². The topological polar surface area (TPSA) is 115 Å². The number of rotatable bonds is 14. The van der Waals surface area contributed by atoms with Crippen molar-refractivity contribution in [1.29, 1.82) is 0 Å². The fraction of sp³-hybridized carbons (Fsp3) is 0.417. The van der Waals surface area contributed by atoms with Crippen molar-refractivity contribution < 1.29 is 30.5 Å². The molecule has 8 nitrogen and oxygen atoms in total. The summed E-state index contributed by atoms with van der Waals surface area (Å²) in [6.07, 6.45) is 14.5. The van der Waals surface area contributed by atoms with Crippen LogP contribution >= 0.6 is 0 Å². The van der Waals surface area contributed by atoms with Gasteiger partial charge in [-0.1, -0.05) is 80.1 Å². The summed E-state index contributed by atoms with van der Waals surface area (Å²) >= 11 is 0. The molecule has 0 bridgehead atoms. The van der Waals surface area contributed by atoms with Crippen molar-refractivity contribution in [3.8, 4) is 0 Å². The van der Waals surface area contributed by atoms with E-state index < -0.39 is 20.2 Å². The molecule has 46 heavy (non-hydrogen) atoms. The zero-order valence-corrected chi connectivity index (χ0v) is 29.1. The minimum Gasteiger partial charge on any atom is -0.344 e. The van der Waals surface area contributed by atoms with Gasteiger partial charge in [-0.3, -0.25) is 9.11 Å². The molecule has 0 saturated carbocycles. The molecule has 0 spiro atoms. The fourth-order valence-corrected chi connectivity index (χ4v) is 7.65. The Kier molecular flexibility index (Phi) is 11.0. The molecule has 2 aromatic carbocycles. The Bertz CT molecular complexity index is 1810. The van der Waals surface area contributed by atoms with Gasteiger partial charge in [0.15, 0.2) is 5.71 Å². The monoisotopic (exact) mass is 667 g/mol. The summed E-state index contributed by atoms with van der Waals surface area (Å²) in [5, 5.41) is 0. The molecule has 2 N–H and O–H groups in total. The second-order valence-electron chi connectivity index (χ2n) is 13.1. The van der Waals surface area contributed by atoms with Crippen LogP contribution in [0.4, 0.5) is 11.4 Å². The van der Waals surface area contributed by atoms with E-state index in [1.807, 2.05) is 31.2 Å². The molecule has 0 radical (unpaired) electrons. The number of fused-ring (bicyclic) bond motifs is 2. The van der Waals surface area contributed by atoms with Crippen LogP contribution in [0.25, 0.3) is 0 Å². The minimum atomic E-state index is -3.98. The van der Waals surface area contributed by atoms with Gasteiger partial charge >= 0.3 is 0 Å². The van der Waals surface area contributed by atoms with Gasteiger partial charge in [-0.15, -0.1) is 0 Å². The Labute approximate surface area is 275 Å². The number of para-hydroxylation sites is 2. The zero-order chi connectivity index (χ0) is 33.8. The number of anilines is 1. The second-order valence-corrected chi connectivity index (χ2v) is 16.3. The van der Waals surface area contributed by atoms with E-state index in [4.69, 9.17) is 9.11 Å². The van der Waals surface area contributed by atoms with Crippen LogP contribution < -0.4 is 4.90 Å². The van der Waals surface area contributed by atoms with E-state index in [2.05, 4.69) is 97.9 Å². The molecule has 0 unspecified atom stereocenters.